The van der Waals surface area contributed by atoms with Crippen LogP contribution in [0.1, 0.15) is 0 Å². The third kappa shape index (κ3) is 4.81. The van der Waals surface area contributed by atoms with Crippen LogP contribution in [0.25, 0.3) is 55.9 Å². The van der Waals surface area contributed by atoms with Crippen molar-refractivity contribution in [3.05, 3.63) is 164 Å². The van der Waals surface area contributed by atoms with Crippen molar-refractivity contribution in [2.24, 2.45) is 0 Å². The van der Waals surface area contributed by atoms with E-state index in [0.29, 0.717) is 0 Å². The lowest BCUT2D eigenvalue weighted by Gasteiger charge is -2.22. The van der Waals surface area contributed by atoms with E-state index in [1.54, 1.807) is 0 Å². The molecule has 6 aromatic carbocycles. The number of benzene rings is 6. The molecule has 1 aromatic heterocycles. The van der Waals surface area contributed by atoms with Crippen molar-refractivity contribution in [1.82, 2.24) is 4.98 Å². The van der Waals surface area contributed by atoms with E-state index < -0.39 is 0 Å². The van der Waals surface area contributed by atoms with Crippen LogP contribution in [0.3, 0.4) is 0 Å². The van der Waals surface area contributed by atoms with Gasteiger partial charge in [-0.05, 0) is 59.7 Å². The lowest BCUT2D eigenvalue weighted by atomic mass is 9.96. The number of para-hydroxylation sites is 2. The Morgan fingerprint density at radius 1 is 0.295 bits per heavy atom. The van der Waals surface area contributed by atoms with E-state index >= 15 is 0 Å². The minimum atomic E-state index is 0.735. The van der Waals surface area contributed by atoms with E-state index in [0.717, 1.165) is 78.9 Å². The summed E-state index contributed by atoms with van der Waals surface area (Å²) >= 11 is 0. The maximum atomic E-state index is 6.84. The van der Waals surface area contributed by atoms with Crippen LogP contribution in [0.2, 0.25) is 0 Å². The van der Waals surface area contributed by atoms with Gasteiger partial charge in [0.1, 0.15) is 23.0 Å². The molecule has 0 saturated heterocycles. The summed E-state index contributed by atoms with van der Waals surface area (Å²) < 4.78 is 13.6. The third-order valence-electron chi connectivity index (χ3n) is 7.98. The zero-order chi connectivity index (χ0) is 29.3. The second-order valence-corrected chi connectivity index (χ2v) is 10.8. The molecule has 0 atom stereocenters. The number of rotatable bonds is 3. The predicted octanol–water partition coefficient (Wildman–Crippen LogP) is 11.3. The molecule has 0 fully saturated rings. The van der Waals surface area contributed by atoms with Crippen molar-refractivity contribution >= 4 is 0 Å². The average Bonchev–Trinajstić information content (AvgIpc) is 3.10. The van der Waals surface area contributed by atoms with Crippen LogP contribution >= 0.6 is 0 Å². The Balaban J connectivity index is 1.33. The minimum absolute atomic E-state index is 0.735. The maximum absolute atomic E-state index is 6.84. The van der Waals surface area contributed by atoms with Crippen LogP contribution < -0.4 is 9.47 Å². The molecule has 0 spiro atoms. The number of nitrogens with zero attached hydrogens (tertiary/aromatic N) is 1. The van der Waals surface area contributed by atoms with Gasteiger partial charge in [-0.25, -0.2) is 4.98 Å². The molecule has 7 aromatic rings. The molecule has 0 N–H and O–H groups in total. The number of aromatic nitrogens is 1. The largest absolute Gasteiger partial charge is 0.456 e. The molecule has 3 nitrogen and oxygen atoms in total. The first-order valence-corrected chi connectivity index (χ1v) is 14.7. The molecule has 1 aliphatic heterocycles. The highest BCUT2D eigenvalue weighted by molar-refractivity contribution is 5.85. The van der Waals surface area contributed by atoms with Crippen molar-refractivity contribution in [2.45, 2.75) is 0 Å². The quantitative estimate of drug-likeness (QED) is 0.213. The average molecular weight is 566 g/mol. The van der Waals surface area contributed by atoms with Crippen molar-refractivity contribution in [3.8, 4) is 78.9 Å². The molecule has 0 aliphatic carbocycles. The minimum Gasteiger partial charge on any atom is -0.456 e. The summed E-state index contributed by atoms with van der Waals surface area (Å²) in [6.45, 7) is 0. The van der Waals surface area contributed by atoms with E-state index in [1.165, 1.54) is 0 Å². The number of hydrogen-bond acceptors (Lipinski definition) is 3. The van der Waals surface area contributed by atoms with Crippen molar-refractivity contribution in [3.63, 3.8) is 0 Å². The van der Waals surface area contributed by atoms with Gasteiger partial charge >= 0.3 is 0 Å². The number of pyridine rings is 1. The summed E-state index contributed by atoms with van der Waals surface area (Å²) in [6, 6.07) is 55.7. The van der Waals surface area contributed by atoms with Gasteiger partial charge in [0.05, 0.1) is 11.4 Å². The van der Waals surface area contributed by atoms with Crippen molar-refractivity contribution in [1.29, 1.82) is 0 Å². The van der Waals surface area contributed by atoms with Crippen LogP contribution in [0, 0.1) is 0 Å². The van der Waals surface area contributed by atoms with Gasteiger partial charge in [-0.2, -0.15) is 0 Å². The first-order valence-electron chi connectivity index (χ1n) is 14.7. The van der Waals surface area contributed by atoms with Crippen LogP contribution in [0.5, 0.6) is 23.0 Å². The highest BCUT2D eigenvalue weighted by atomic mass is 16.5. The Bertz CT molecular complexity index is 2120. The Labute approximate surface area is 256 Å². The summed E-state index contributed by atoms with van der Waals surface area (Å²) in [4.78, 5) is 5.02. The van der Waals surface area contributed by atoms with E-state index in [-0.39, 0.29) is 0 Å². The van der Waals surface area contributed by atoms with Gasteiger partial charge < -0.3 is 9.47 Å². The predicted molar refractivity (Wildman–Crippen MR) is 178 cm³/mol. The molecule has 1 aliphatic rings. The Morgan fingerprint density at radius 2 is 0.750 bits per heavy atom. The fourth-order valence-electron chi connectivity index (χ4n) is 5.79. The van der Waals surface area contributed by atoms with Gasteiger partial charge in [0, 0.05) is 33.4 Å². The van der Waals surface area contributed by atoms with Crippen molar-refractivity contribution < 1.29 is 9.47 Å². The molecule has 0 unspecified atom stereocenters. The Morgan fingerprint density at radius 3 is 1.36 bits per heavy atom. The van der Waals surface area contributed by atoms with Gasteiger partial charge in [-0.15, -0.1) is 0 Å². The molecule has 3 heteroatoms. The van der Waals surface area contributed by atoms with E-state index in [2.05, 4.69) is 91.0 Å². The zero-order valence-corrected chi connectivity index (χ0v) is 23.9. The summed E-state index contributed by atoms with van der Waals surface area (Å²) in [5.41, 5.74) is 9.90. The Kier molecular flexibility index (Phi) is 6.47. The molecule has 208 valence electrons. The molecular weight excluding hydrogens is 538 g/mol. The fourth-order valence-corrected chi connectivity index (χ4v) is 5.79. The third-order valence-corrected chi connectivity index (χ3v) is 7.98. The molecule has 0 radical (unpaired) electrons. The summed E-state index contributed by atoms with van der Waals surface area (Å²) in [6.07, 6.45) is 0. The number of hydrogen-bond donors (Lipinski definition) is 0. The van der Waals surface area contributed by atoms with Gasteiger partial charge in [0.25, 0.3) is 0 Å². The maximum Gasteiger partial charge on any atom is 0.136 e. The van der Waals surface area contributed by atoms with Gasteiger partial charge in [0.15, 0.2) is 0 Å². The van der Waals surface area contributed by atoms with Gasteiger partial charge in [-0.3, -0.25) is 0 Å². The van der Waals surface area contributed by atoms with Gasteiger partial charge in [-0.1, -0.05) is 115 Å². The highest BCUT2D eigenvalue weighted by Gasteiger charge is 2.21. The SMILES string of the molecule is c1ccc(-c2ccc3c(c2)Oc2ccccc2-c2ccccc2Oc2cc(-c4cccc(-c5ccccc5)n4)ccc2-3)cc1. The topological polar surface area (TPSA) is 31.4 Å². The Hall–Kier alpha value is -5.93. The monoisotopic (exact) mass is 565 g/mol. The summed E-state index contributed by atoms with van der Waals surface area (Å²) in [5, 5.41) is 0. The zero-order valence-electron chi connectivity index (χ0n) is 23.9. The smallest absolute Gasteiger partial charge is 0.136 e. The normalized spacial score (nSPS) is 11.5. The number of ether oxygens (including phenoxy) is 2. The highest BCUT2D eigenvalue weighted by Crippen LogP contribution is 2.48. The molecule has 0 bridgehead atoms. The lowest BCUT2D eigenvalue weighted by molar-refractivity contribution is 0.472. The van der Waals surface area contributed by atoms with Crippen LogP contribution in [-0.4, -0.2) is 4.98 Å². The molecule has 2 heterocycles. The van der Waals surface area contributed by atoms with Crippen molar-refractivity contribution in [2.75, 3.05) is 0 Å². The number of fused-ring (bicyclic) bond motifs is 6. The molecule has 0 amide bonds. The van der Waals surface area contributed by atoms with Crippen LogP contribution in [0.15, 0.2) is 164 Å². The molecule has 44 heavy (non-hydrogen) atoms. The molecule has 0 saturated carbocycles. The van der Waals surface area contributed by atoms with Crippen LogP contribution in [0.4, 0.5) is 0 Å². The van der Waals surface area contributed by atoms with Gasteiger partial charge in [0.2, 0.25) is 0 Å². The lowest BCUT2D eigenvalue weighted by Crippen LogP contribution is -1.98. The summed E-state index contributed by atoms with van der Waals surface area (Å²) in [7, 11) is 0. The first-order chi connectivity index (χ1) is 21.8. The van der Waals surface area contributed by atoms with E-state index in [4.69, 9.17) is 14.5 Å². The summed E-state index contributed by atoms with van der Waals surface area (Å²) in [5.74, 6) is 3.04. The van der Waals surface area contributed by atoms with E-state index in [1.807, 2.05) is 72.8 Å². The second kappa shape index (κ2) is 11.0. The first kappa shape index (κ1) is 25.8. The van der Waals surface area contributed by atoms with E-state index in [9.17, 15) is 0 Å². The molecule has 8 rings (SSSR count). The molecular formula is C41H27NO2. The standard InChI is InChI=1S/C41H27NO2/c1-3-12-28(13-4-1)30-22-24-34-35-25-23-31(37-19-11-18-36(42-37)29-14-5-2-6-15-29)27-41(35)44-39-21-10-8-17-33(39)32-16-7-9-20-38(32)43-40(34)26-30/h1-27H. The fraction of sp³-hybridized carbons (Fsp3) is 0. The van der Waals surface area contributed by atoms with Crippen LogP contribution in [-0.2, 0) is 0 Å². The second-order valence-electron chi connectivity index (χ2n) is 10.8.